The van der Waals surface area contributed by atoms with Crippen molar-refractivity contribution < 1.29 is 14.7 Å². The number of aliphatic carboxylic acids is 1. The van der Waals surface area contributed by atoms with E-state index in [-0.39, 0.29) is 30.2 Å². The smallest absolute Gasteiger partial charge is 0.308 e. The fourth-order valence-electron chi connectivity index (χ4n) is 2.46. The summed E-state index contributed by atoms with van der Waals surface area (Å²) in [5, 5.41) is 8.87. The molecule has 0 aromatic rings. The molecule has 2 bridgehead atoms. The summed E-state index contributed by atoms with van der Waals surface area (Å²) in [4.78, 5) is 23.9. The van der Waals surface area contributed by atoms with E-state index in [1.165, 1.54) is 0 Å². The Kier molecular flexibility index (Phi) is 1.95. The maximum atomic E-state index is 11.4. The summed E-state index contributed by atoms with van der Waals surface area (Å²) in [6, 6.07) is -0.0988. The van der Waals surface area contributed by atoms with Crippen molar-refractivity contribution in [1.82, 2.24) is 4.90 Å². The van der Waals surface area contributed by atoms with Gasteiger partial charge in [0.1, 0.15) is 0 Å². The van der Waals surface area contributed by atoms with Crippen LogP contribution in [0.4, 0.5) is 0 Å². The van der Waals surface area contributed by atoms with E-state index in [1.54, 1.807) is 4.90 Å². The number of hydrogen-bond acceptors (Lipinski definition) is 2. The van der Waals surface area contributed by atoms with Crippen LogP contribution in [0.5, 0.6) is 0 Å². The molecule has 0 spiro atoms. The molecular weight excluding hydrogens is 182 g/mol. The molecule has 1 saturated carbocycles. The van der Waals surface area contributed by atoms with Crippen LogP contribution in [-0.4, -0.2) is 34.5 Å². The van der Waals surface area contributed by atoms with Gasteiger partial charge in [-0.05, 0) is 12.3 Å². The summed E-state index contributed by atoms with van der Waals surface area (Å²) in [5.41, 5.74) is 0. The molecule has 4 heteroatoms. The SMILES string of the molecule is C#CCC(=O)N1CC2CC1C2C(=O)O. The lowest BCUT2D eigenvalue weighted by Gasteiger charge is -2.32. The van der Waals surface area contributed by atoms with Gasteiger partial charge < -0.3 is 10.0 Å². The topological polar surface area (TPSA) is 57.6 Å². The third kappa shape index (κ3) is 1.09. The Morgan fingerprint density at radius 3 is 2.79 bits per heavy atom. The van der Waals surface area contributed by atoms with Gasteiger partial charge in [0.15, 0.2) is 0 Å². The van der Waals surface area contributed by atoms with Gasteiger partial charge in [0.2, 0.25) is 5.91 Å². The van der Waals surface area contributed by atoms with Gasteiger partial charge in [-0.3, -0.25) is 9.59 Å². The number of amides is 1. The van der Waals surface area contributed by atoms with Crippen molar-refractivity contribution in [3.05, 3.63) is 0 Å². The molecule has 2 aliphatic heterocycles. The number of fused-ring (bicyclic) bond motifs is 1. The number of carbonyl (C=O) groups is 2. The molecule has 14 heavy (non-hydrogen) atoms. The number of carbonyl (C=O) groups excluding carboxylic acids is 1. The van der Waals surface area contributed by atoms with Gasteiger partial charge in [0, 0.05) is 12.6 Å². The highest BCUT2D eigenvalue weighted by Gasteiger charge is 2.56. The zero-order valence-electron chi connectivity index (χ0n) is 7.64. The van der Waals surface area contributed by atoms with Gasteiger partial charge in [0.05, 0.1) is 12.3 Å². The normalized spacial score (nSPS) is 33.4. The van der Waals surface area contributed by atoms with Gasteiger partial charge in [-0.15, -0.1) is 6.42 Å². The molecule has 3 rings (SSSR count). The molecule has 2 heterocycles. The summed E-state index contributed by atoms with van der Waals surface area (Å²) >= 11 is 0. The average Bonchev–Trinajstić information content (AvgIpc) is 2.58. The first kappa shape index (κ1) is 9.07. The van der Waals surface area contributed by atoms with Crippen molar-refractivity contribution >= 4 is 11.9 Å². The second kappa shape index (κ2) is 3.02. The first-order chi connectivity index (χ1) is 6.65. The summed E-state index contributed by atoms with van der Waals surface area (Å²) in [6.45, 7) is 0.572. The zero-order chi connectivity index (χ0) is 10.3. The standard InChI is InChI=1S/C10H11NO3/c1-2-3-8(12)11-5-6-4-7(11)9(6)10(13)14/h1,6-7,9H,3-5H2,(H,13,14). The number of rotatable bonds is 2. The second-order valence-electron chi connectivity index (χ2n) is 3.85. The highest BCUT2D eigenvalue weighted by molar-refractivity contribution is 5.82. The Bertz CT molecular complexity index is 331. The monoisotopic (exact) mass is 193 g/mol. The Labute approximate surface area is 81.9 Å². The number of carboxylic acid groups (broad SMARTS) is 1. The lowest BCUT2D eigenvalue weighted by Crippen LogP contribution is -2.45. The van der Waals surface area contributed by atoms with E-state index in [2.05, 4.69) is 5.92 Å². The van der Waals surface area contributed by atoms with Gasteiger partial charge in [0.25, 0.3) is 0 Å². The van der Waals surface area contributed by atoms with Gasteiger partial charge in [-0.25, -0.2) is 0 Å². The third-order valence-corrected chi connectivity index (χ3v) is 3.16. The minimum atomic E-state index is -0.790. The molecule has 1 aliphatic carbocycles. The van der Waals surface area contributed by atoms with Crippen molar-refractivity contribution in [2.24, 2.45) is 11.8 Å². The van der Waals surface area contributed by atoms with Crippen LogP contribution in [0.1, 0.15) is 12.8 Å². The van der Waals surface area contributed by atoms with Crippen LogP contribution < -0.4 is 0 Å². The highest BCUT2D eigenvalue weighted by Crippen LogP contribution is 2.46. The van der Waals surface area contributed by atoms with Gasteiger partial charge in [-0.2, -0.15) is 0 Å². The lowest BCUT2D eigenvalue weighted by atomic mass is 9.74. The summed E-state index contributed by atoms with van der Waals surface area (Å²) in [5.74, 6) is 1.19. The molecule has 3 unspecified atom stereocenters. The number of hydrogen-bond donors (Lipinski definition) is 1. The van der Waals surface area contributed by atoms with Crippen LogP contribution in [-0.2, 0) is 9.59 Å². The first-order valence-corrected chi connectivity index (χ1v) is 4.61. The quantitative estimate of drug-likeness (QED) is 0.625. The first-order valence-electron chi connectivity index (χ1n) is 4.61. The maximum absolute atomic E-state index is 11.4. The van der Waals surface area contributed by atoms with Crippen LogP contribution in [0, 0.1) is 24.2 Å². The Morgan fingerprint density at radius 2 is 2.29 bits per heavy atom. The summed E-state index contributed by atoms with van der Waals surface area (Å²) < 4.78 is 0. The molecule has 2 saturated heterocycles. The van der Waals surface area contributed by atoms with Crippen LogP contribution in [0.15, 0.2) is 0 Å². The Morgan fingerprint density at radius 1 is 1.57 bits per heavy atom. The van der Waals surface area contributed by atoms with Crippen molar-refractivity contribution in [1.29, 1.82) is 0 Å². The van der Waals surface area contributed by atoms with Crippen LogP contribution >= 0.6 is 0 Å². The predicted molar refractivity (Wildman–Crippen MR) is 48.2 cm³/mol. The van der Waals surface area contributed by atoms with Crippen LogP contribution in [0.25, 0.3) is 0 Å². The highest BCUT2D eigenvalue weighted by atomic mass is 16.4. The summed E-state index contributed by atoms with van der Waals surface area (Å²) in [7, 11) is 0. The van der Waals surface area contributed by atoms with E-state index in [1.807, 2.05) is 0 Å². The van der Waals surface area contributed by atoms with Crippen LogP contribution in [0.3, 0.4) is 0 Å². The van der Waals surface area contributed by atoms with Crippen molar-refractivity contribution in [3.63, 3.8) is 0 Å². The molecule has 3 atom stereocenters. The Balaban J connectivity index is 2.04. The molecule has 0 radical (unpaired) electrons. The molecule has 3 fully saturated rings. The predicted octanol–water partition coefficient (Wildman–Crippen LogP) is -0.0588. The molecular formula is C10H11NO3. The summed E-state index contributed by atoms with van der Waals surface area (Å²) in [6.07, 6.45) is 5.94. The van der Waals surface area contributed by atoms with E-state index >= 15 is 0 Å². The Hall–Kier alpha value is -1.50. The van der Waals surface area contributed by atoms with Crippen molar-refractivity contribution in [3.8, 4) is 12.3 Å². The lowest BCUT2D eigenvalue weighted by molar-refractivity contribution is -0.148. The van der Waals surface area contributed by atoms with Crippen LogP contribution in [0.2, 0.25) is 0 Å². The van der Waals surface area contributed by atoms with E-state index in [0.717, 1.165) is 6.42 Å². The average molecular weight is 193 g/mol. The van der Waals surface area contributed by atoms with E-state index in [0.29, 0.717) is 6.54 Å². The largest absolute Gasteiger partial charge is 0.481 e. The molecule has 3 aliphatic rings. The fraction of sp³-hybridized carbons (Fsp3) is 0.600. The number of terminal acetylenes is 1. The molecule has 0 aromatic carbocycles. The minimum Gasteiger partial charge on any atom is -0.481 e. The van der Waals surface area contributed by atoms with E-state index < -0.39 is 5.97 Å². The molecule has 74 valence electrons. The molecule has 1 N–H and O–H groups in total. The number of nitrogens with zero attached hydrogens (tertiary/aromatic N) is 1. The second-order valence-corrected chi connectivity index (χ2v) is 3.85. The third-order valence-electron chi connectivity index (χ3n) is 3.16. The van der Waals surface area contributed by atoms with Crippen molar-refractivity contribution in [2.75, 3.05) is 6.54 Å². The van der Waals surface area contributed by atoms with Gasteiger partial charge >= 0.3 is 5.97 Å². The molecule has 1 amide bonds. The zero-order valence-corrected chi connectivity index (χ0v) is 7.64. The number of carboxylic acids is 1. The molecule has 0 aromatic heterocycles. The van der Waals surface area contributed by atoms with Gasteiger partial charge in [-0.1, -0.05) is 5.92 Å². The fourth-order valence-corrected chi connectivity index (χ4v) is 2.46. The molecule has 4 nitrogen and oxygen atoms in total. The minimum absolute atomic E-state index is 0.0789. The van der Waals surface area contributed by atoms with E-state index in [4.69, 9.17) is 11.5 Å². The maximum Gasteiger partial charge on any atom is 0.308 e. The van der Waals surface area contributed by atoms with Crippen molar-refractivity contribution in [2.45, 2.75) is 18.9 Å². The van der Waals surface area contributed by atoms with E-state index in [9.17, 15) is 9.59 Å².